The van der Waals surface area contributed by atoms with Crippen molar-refractivity contribution < 1.29 is 14.7 Å². The van der Waals surface area contributed by atoms with Gasteiger partial charge < -0.3 is 5.11 Å². The van der Waals surface area contributed by atoms with Crippen LogP contribution in [0.1, 0.15) is 34.1 Å². The highest BCUT2D eigenvalue weighted by molar-refractivity contribution is 5.93. The van der Waals surface area contributed by atoms with Crippen LogP contribution in [0, 0.1) is 5.92 Å². The Morgan fingerprint density at radius 3 is 2.08 bits per heavy atom. The zero-order chi connectivity index (χ0) is 9.94. The number of carbonyl (C=O) groups is 2. The van der Waals surface area contributed by atoms with Crippen LogP contribution in [0.3, 0.4) is 0 Å². The van der Waals surface area contributed by atoms with Crippen LogP contribution in [0.5, 0.6) is 0 Å². The molecule has 0 aromatic rings. The molecule has 0 amide bonds. The summed E-state index contributed by atoms with van der Waals surface area (Å²) in [6.45, 7) is 6.16. The molecule has 0 unspecified atom stereocenters. The second-order valence-corrected chi connectivity index (χ2v) is 3.67. The summed E-state index contributed by atoms with van der Waals surface area (Å²) in [5, 5.41) is 9.55. The lowest BCUT2D eigenvalue weighted by molar-refractivity contribution is -0.143. The van der Waals surface area contributed by atoms with Crippen molar-refractivity contribution in [2.45, 2.75) is 39.7 Å². The van der Waals surface area contributed by atoms with E-state index >= 15 is 0 Å². The first-order chi connectivity index (χ1) is 5.27. The fourth-order valence-electron chi connectivity index (χ4n) is 1.19. The minimum Gasteiger partial charge on any atom is -0.382 e. The van der Waals surface area contributed by atoms with Crippen molar-refractivity contribution >= 4 is 11.6 Å². The normalized spacial score (nSPS) is 15.8. The second-order valence-electron chi connectivity index (χ2n) is 3.67. The lowest BCUT2D eigenvalue weighted by Crippen LogP contribution is -2.39. The van der Waals surface area contributed by atoms with Gasteiger partial charge in [0.1, 0.15) is 11.4 Å². The maximum atomic E-state index is 11.3. The van der Waals surface area contributed by atoms with Crippen LogP contribution in [-0.4, -0.2) is 22.3 Å². The van der Waals surface area contributed by atoms with Gasteiger partial charge in [-0.25, -0.2) is 0 Å². The molecule has 0 aliphatic heterocycles. The van der Waals surface area contributed by atoms with Gasteiger partial charge in [-0.2, -0.15) is 0 Å². The zero-order valence-electron chi connectivity index (χ0n) is 8.05. The quantitative estimate of drug-likeness (QED) is 0.686. The molecule has 1 atom stereocenters. The van der Waals surface area contributed by atoms with Crippen LogP contribution in [-0.2, 0) is 9.59 Å². The summed E-state index contributed by atoms with van der Waals surface area (Å²) in [6.07, 6.45) is -0.0932. The van der Waals surface area contributed by atoms with Crippen molar-refractivity contribution in [3.05, 3.63) is 0 Å². The molecule has 0 saturated carbocycles. The van der Waals surface area contributed by atoms with Gasteiger partial charge in [0.2, 0.25) is 0 Å². The molecule has 12 heavy (non-hydrogen) atoms. The van der Waals surface area contributed by atoms with Gasteiger partial charge in [0.25, 0.3) is 0 Å². The molecule has 0 fully saturated rings. The molecule has 0 aliphatic carbocycles. The largest absolute Gasteiger partial charge is 0.382 e. The molecule has 0 aromatic carbocycles. The highest BCUT2D eigenvalue weighted by Gasteiger charge is 2.32. The van der Waals surface area contributed by atoms with Gasteiger partial charge in [-0.1, -0.05) is 13.8 Å². The number of rotatable bonds is 4. The molecule has 0 radical (unpaired) electrons. The Labute approximate surface area is 72.8 Å². The van der Waals surface area contributed by atoms with Crippen molar-refractivity contribution in [1.29, 1.82) is 0 Å². The van der Waals surface area contributed by atoms with E-state index < -0.39 is 5.60 Å². The van der Waals surface area contributed by atoms with E-state index in [-0.39, 0.29) is 23.9 Å². The highest BCUT2D eigenvalue weighted by Crippen LogP contribution is 2.16. The summed E-state index contributed by atoms with van der Waals surface area (Å²) in [5.41, 5.74) is -1.49. The smallest absolute Gasteiger partial charge is 0.167 e. The van der Waals surface area contributed by atoms with Gasteiger partial charge in [-0.05, 0) is 13.8 Å². The molecule has 0 heterocycles. The molecule has 0 aromatic heterocycles. The molecule has 0 aliphatic rings. The first kappa shape index (κ1) is 11.3. The van der Waals surface area contributed by atoms with E-state index in [0.29, 0.717) is 0 Å². The summed E-state index contributed by atoms with van der Waals surface area (Å²) >= 11 is 0. The topological polar surface area (TPSA) is 54.4 Å². The van der Waals surface area contributed by atoms with Gasteiger partial charge >= 0.3 is 0 Å². The predicted octanol–water partition coefficient (Wildman–Crippen LogP) is 0.942. The van der Waals surface area contributed by atoms with Crippen LogP contribution in [0.25, 0.3) is 0 Å². The first-order valence-corrected chi connectivity index (χ1v) is 4.03. The summed E-state index contributed by atoms with van der Waals surface area (Å²) < 4.78 is 0. The highest BCUT2D eigenvalue weighted by atomic mass is 16.3. The van der Waals surface area contributed by atoms with Gasteiger partial charge in [0.05, 0.1) is 0 Å². The summed E-state index contributed by atoms with van der Waals surface area (Å²) in [5.74, 6) is -0.689. The summed E-state index contributed by atoms with van der Waals surface area (Å²) in [4.78, 5) is 22.0. The maximum Gasteiger partial charge on any atom is 0.167 e. The van der Waals surface area contributed by atoms with E-state index in [1.165, 1.54) is 13.8 Å². The number of aliphatic hydroxyl groups is 1. The Morgan fingerprint density at radius 1 is 1.42 bits per heavy atom. The van der Waals surface area contributed by atoms with Crippen LogP contribution >= 0.6 is 0 Å². The number of ketones is 2. The Balaban J connectivity index is 4.39. The zero-order valence-corrected chi connectivity index (χ0v) is 8.05. The molecule has 70 valence electrons. The predicted molar refractivity (Wildman–Crippen MR) is 45.8 cm³/mol. The van der Waals surface area contributed by atoms with Crippen LogP contribution in [0.4, 0.5) is 0 Å². The average molecular weight is 172 g/mol. The molecule has 1 N–H and O–H groups in total. The molecular formula is C9H16O3. The second kappa shape index (κ2) is 3.81. The number of hydrogen-bond donors (Lipinski definition) is 1. The monoisotopic (exact) mass is 172 g/mol. The standard InChI is InChI=1S/C9H16O3/c1-6(2)8(11)9(4,12)5-7(3)10/h6,12H,5H2,1-4H3/t9-/m0/s1. The maximum absolute atomic E-state index is 11.3. The minimum atomic E-state index is -1.49. The van der Waals surface area contributed by atoms with Crippen molar-refractivity contribution in [3.8, 4) is 0 Å². The lowest BCUT2D eigenvalue weighted by atomic mass is 9.88. The molecule has 0 bridgehead atoms. The van der Waals surface area contributed by atoms with Gasteiger partial charge in [-0.3, -0.25) is 9.59 Å². The number of Topliss-reactive ketones (excluding diaryl/α,β-unsaturated/α-hetero) is 2. The first-order valence-electron chi connectivity index (χ1n) is 4.03. The van der Waals surface area contributed by atoms with Crippen molar-refractivity contribution in [2.24, 2.45) is 5.92 Å². The van der Waals surface area contributed by atoms with Crippen LogP contribution < -0.4 is 0 Å². The third-order valence-electron chi connectivity index (χ3n) is 1.65. The van der Waals surface area contributed by atoms with E-state index in [2.05, 4.69) is 0 Å². The van der Waals surface area contributed by atoms with E-state index in [1.54, 1.807) is 13.8 Å². The fraction of sp³-hybridized carbons (Fsp3) is 0.778. The Morgan fingerprint density at radius 2 is 1.83 bits per heavy atom. The number of hydrogen-bond acceptors (Lipinski definition) is 3. The third kappa shape index (κ3) is 3.13. The minimum absolute atomic E-state index is 0.0932. The molecule has 0 rings (SSSR count). The molecule has 3 nitrogen and oxygen atoms in total. The molecule has 0 spiro atoms. The summed E-state index contributed by atoms with van der Waals surface area (Å²) in [7, 11) is 0. The Hall–Kier alpha value is -0.700. The Kier molecular flexibility index (Phi) is 3.58. The van der Waals surface area contributed by atoms with Crippen molar-refractivity contribution in [2.75, 3.05) is 0 Å². The van der Waals surface area contributed by atoms with Gasteiger partial charge in [0.15, 0.2) is 5.78 Å². The van der Waals surface area contributed by atoms with E-state index in [0.717, 1.165) is 0 Å². The molecule has 3 heteroatoms. The van der Waals surface area contributed by atoms with E-state index in [9.17, 15) is 14.7 Å². The third-order valence-corrected chi connectivity index (χ3v) is 1.65. The molecular weight excluding hydrogens is 156 g/mol. The van der Waals surface area contributed by atoms with E-state index in [4.69, 9.17) is 0 Å². The Bertz CT molecular complexity index is 192. The van der Waals surface area contributed by atoms with Crippen LogP contribution in [0.2, 0.25) is 0 Å². The van der Waals surface area contributed by atoms with Crippen LogP contribution in [0.15, 0.2) is 0 Å². The van der Waals surface area contributed by atoms with Gasteiger partial charge in [-0.15, -0.1) is 0 Å². The van der Waals surface area contributed by atoms with Crippen molar-refractivity contribution in [3.63, 3.8) is 0 Å². The van der Waals surface area contributed by atoms with E-state index in [1.807, 2.05) is 0 Å². The molecule has 0 saturated heterocycles. The lowest BCUT2D eigenvalue weighted by Gasteiger charge is -2.22. The van der Waals surface area contributed by atoms with Gasteiger partial charge in [0, 0.05) is 12.3 Å². The average Bonchev–Trinajstić information content (AvgIpc) is 1.82. The number of carbonyl (C=O) groups excluding carboxylic acids is 2. The fourth-order valence-corrected chi connectivity index (χ4v) is 1.19. The van der Waals surface area contributed by atoms with Crippen molar-refractivity contribution in [1.82, 2.24) is 0 Å². The SMILES string of the molecule is CC(=O)C[C@](C)(O)C(=O)C(C)C. The summed E-state index contributed by atoms with van der Waals surface area (Å²) in [6, 6.07) is 0.